The standard InChI is InChI=1S/C17H23N3O2/c21-16(18-10-13-4-2-1-3-5-13)12-20-9-8-14(11-20)17(22)19-15-6-7-15/h1-5,14-15H,6-12H2,(H,18,21)(H,19,22). The van der Waals surface area contributed by atoms with Crippen LogP contribution < -0.4 is 10.6 Å². The van der Waals surface area contributed by atoms with E-state index >= 15 is 0 Å². The van der Waals surface area contributed by atoms with Crippen LogP contribution in [0.15, 0.2) is 30.3 Å². The Labute approximate surface area is 131 Å². The fourth-order valence-corrected chi connectivity index (χ4v) is 2.79. The van der Waals surface area contributed by atoms with Crippen molar-refractivity contribution in [2.75, 3.05) is 19.6 Å². The molecule has 0 spiro atoms. The van der Waals surface area contributed by atoms with E-state index in [1.807, 2.05) is 30.3 Å². The van der Waals surface area contributed by atoms with Crippen LogP contribution in [0.2, 0.25) is 0 Å². The highest BCUT2D eigenvalue weighted by Crippen LogP contribution is 2.22. The van der Waals surface area contributed by atoms with E-state index in [0.717, 1.165) is 31.4 Å². The molecule has 2 aliphatic rings. The van der Waals surface area contributed by atoms with Gasteiger partial charge in [-0.25, -0.2) is 0 Å². The molecule has 1 unspecified atom stereocenters. The van der Waals surface area contributed by atoms with Gasteiger partial charge in [0.15, 0.2) is 0 Å². The Morgan fingerprint density at radius 3 is 2.64 bits per heavy atom. The molecular formula is C17H23N3O2. The number of amides is 2. The maximum absolute atomic E-state index is 12.0. The zero-order valence-corrected chi connectivity index (χ0v) is 12.8. The van der Waals surface area contributed by atoms with Crippen LogP contribution in [0.5, 0.6) is 0 Å². The first-order valence-electron chi connectivity index (χ1n) is 8.04. The molecule has 0 radical (unpaired) electrons. The van der Waals surface area contributed by atoms with E-state index in [4.69, 9.17) is 0 Å². The number of benzene rings is 1. The third kappa shape index (κ3) is 4.31. The van der Waals surface area contributed by atoms with Gasteiger partial charge in [-0.05, 0) is 31.4 Å². The van der Waals surface area contributed by atoms with Crippen molar-refractivity contribution < 1.29 is 9.59 Å². The summed E-state index contributed by atoms with van der Waals surface area (Å²) in [5.74, 6) is 0.226. The number of carbonyl (C=O) groups excluding carboxylic acids is 2. The fraction of sp³-hybridized carbons (Fsp3) is 0.529. The van der Waals surface area contributed by atoms with Gasteiger partial charge in [0.1, 0.15) is 0 Å². The van der Waals surface area contributed by atoms with Crippen molar-refractivity contribution in [3.8, 4) is 0 Å². The fourth-order valence-electron chi connectivity index (χ4n) is 2.79. The molecule has 1 aromatic rings. The van der Waals surface area contributed by atoms with Crippen molar-refractivity contribution in [1.29, 1.82) is 0 Å². The number of carbonyl (C=O) groups is 2. The van der Waals surface area contributed by atoms with Gasteiger partial charge in [-0.15, -0.1) is 0 Å². The molecule has 2 N–H and O–H groups in total. The summed E-state index contributed by atoms with van der Waals surface area (Å²) in [6.07, 6.45) is 3.08. The summed E-state index contributed by atoms with van der Waals surface area (Å²) >= 11 is 0. The Kier molecular flexibility index (Phi) is 4.73. The van der Waals surface area contributed by atoms with Gasteiger partial charge in [0.2, 0.25) is 11.8 Å². The molecule has 5 nitrogen and oxygen atoms in total. The van der Waals surface area contributed by atoms with Crippen LogP contribution in [-0.2, 0) is 16.1 Å². The molecule has 0 bridgehead atoms. The van der Waals surface area contributed by atoms with Gasteiger partial charge in [-0.1, -0.05) is 30.3 Å². The summed E-state index contributed by atoms with van der Waals surface area (Å²) in [7, 11) is 0. The van der Waals surface area contributed by atoms with Crippen LogP contribution in [-0.4, -0.2) is 42.4 Å². The molecular weight excluding hydrogens is 278 g/mol. The van der Waals surface area contributed by atoms with Gasteiger partial charge in [-0.2, -0.15) is 0 Å². The second-order valence-electron chi connectivity index (χ2n) is 6.27. The van der Waals surface area contributed by atoms with E-state index in [9.17, 15) is 9.59 Å². The maximum Gasteiger partial charge on any atom is 0.234 e. The van der Waals surface area contributed by atoms with Crippen LogP contribution in [0.3, 0.4) is 0 Å². The van der Waals surface area contributed by atoms with Gasteiger partial charge in [0.05, 0.1) is 12.5 Å². The molecule has 1 saturated heterocycles. The Morgan fingerprint density at radius 2 is 1.91 bits per heavy atom. The summed E-state index contributed by atoms with van der Waals surface area (Å²) in [4.78, 5) is 26.0. The first kappa shape index (κ1) is 15.0. The lowest BCUT2D eigenvalue weighted by molar-refractivity contribution is -0.125. The number of hydrogen-bond donors (Lipinski definition) is 2. The van der Waals surface area contributed by atoms with Crippen molar-refractivity contribution in [3.05, 3.63) is 35.9 Å². The second-order valence-corrected chi connectivity index (χ2v) is 6.27. The normalized spacial score (nSPS) is 21.5. The van der Waals surface area contributed by atoms with E-state index in [0.29, 0.717) is 25.7 Å². The quantitative estimate of drug-likeness (QED) is 0.821. The average molecular weight is 301 g/mol. The highest BCUT2D eigenvalue weighted by Gasteiger charge is 2.32. The van der Waals surface area contributed by atoms with Crippen LogP contribution >= 0.6 is 0 Å². The summed E-state index contributed by atoms with van der Waals surface area (Å²) in [6, 6.07) is 10.3. The van der Waals surface area contributed by atoms with Gasteiger partial charge >= 0.3 is 0 Å². The zero-order valence-electron chi connectivity index (χ0n) is 12.8. The Morgan fingerprint density at radius 1 is 1.14 bits per heavy atom. The number of likely N-dealkylation sites (tertiary alicyclic amines) is 1. The molecule has 118 valence electrons. The zero-order chi connectivity index (χ0) is 15.4. The Hall–Kier alpha value is -1.88. The summed E-state index contributed by atoms with van der Waals surface area (Å²) in [6.45, 7) is 2.44. The predicted molar refractivity (Wildman–Crippen MR) is 84.0 cm³/mol. The van der Waals surface area contributed by atoms with Crippen molar-refractivity contribution in [2.45, 2.75) is 31.8 Å². The molecule has 1 aliphatic carbocycles. The molecule has 5 heteroatoms. The minimum atomic E-state index is 0.0205. The van der Waals surface area contributed by atoms with E-state index in [1.165, 1.54) is 0 Å². The first-order valence-corrected chi connectivity index (χ1v) is 8.04. The molecule has 3 rings (SSSR count). The second kappa shape index (κ2) is 6.92. The van der Waals surface area contributed by atoms with E-state index < -0.39 is 0 Å². The van der Waals surface area contributed by atoms with Gasteiger partial charge in [-0.3, -0.25) is 14.5 Å². The minimum Gasteiger partial charge on any atom is -0.353 e. The third-order valence-electron chi connectivity index (χ3n) is 4.27. The number of rotatable bonds is 6. The lowest BCUT2D eigenvalue weighted by atomic mass is 10.1. The lowest BCUT2D eigenvalue weighted by Gasteiger charge is -2.15. The van der Waals surface area contributed by atoms with E-state index in [1.54, 1.807) is 0 Å². The topological polar surface area (TPSA) is 61.4 Å². The van der Waals surface area contributed by atoms with Gasteiger partial charge in [0, 0.05) is 19.1 Å². The van der Waals surface area contributed by atoms with Crippen LogP contribution in [0.4, 0.5) is 0 Å². The smallest absolute Gasteiger partial charge is 0.234 e. The van der Waals surface area contributed by atoms with Crippen molar-refractivity contribution in [2.24, 2.45) is 5.92 Å². The number of nitrogens with zero attached hydrogens (tertiary/aromatic N) is 1. The summed E-state index contributed by atoms with van der Waals surface area (Å²) in [5.41, 5.74) is 1.10. The number of nitrogens with one attached hydrogen (secondary N) is 2. The van der Waals surface area contributed by atoms with Crippen molar-refractivity contribution in [3.63, 3.8) is 0 Å². The number of hydrogen-bond acceptors (Lipinski definition) is 3. The van der Waals surface area contributed by atoms with Crippen molar-refractivity contribution >= 4 is 11.8 Å². The predicted octanol–water partition coefficient (Wildman–Crippen LogP) is 0.903. The Balaban J connectivity index is 1.38. The highest BCUT2D eigenvalue weighted by molar-refractivity contribution is 5.80. The first-order chi connectivity index (χ1) is 10.7. The highest BCUT2D eigenvalue weighted by atomic mass is 16.2. The molecule has 1 heterocycles. The molecule has 1 saturated carbocycles. The summed E-state index contributed by atoms with van der Waals surface area (Å²) < 4.78 is 0. The molecule has 2 fully saturated rings. The van der Waals surface area contributed by atoms with E-state index in [-0.39, 0.29) is 17.7 Å². The van der Waals surface area contributed by atoms with Gasteiger partial charge in [0.25, 0.3) is 0 Å². The largest absolute Gasteiger partial charge is 0.353 e. The molecule has 1 aromatic carbocycles. The average Bonchev–Trinajstić information content (AvgIpc) is 3.22. The monoisotopic (exact) mass is 301 g/mol. The van der Waals surface area contributed by atoms with Crippen molar-refractivity contribution in [1.82, 2.24) is 15.5 Å². The van der Waals surface area contributed by atoms with Crippen LogP contribution in [0.25, 0.3) is 0 Å². The molecule has 1 aliphatic heterocycles. The van der Waals surface area contributed by atoms with Crippen LogP contribution in [0.1, 0.15) is 24.8 Å². The lowest BCUT2D eigenvalue weighted by Crippen LogP contribution is -2.38. The molecule has 1 atom stereocenters. The van der Waals surface area contributed by atoms with E-state index in [2.05, 4.69) is 15.5 Å². The Bertz CT molecular complexity index is 528. The van der Waals surface area contributed by atoms with Gasteiger partial charge < -0.3 is 10.6 Å². The third-order valence-corrected chi connectivity index (χ3v) is 4.27. The molecule has 22 heavy (non-hydrogen) atoms. The summed E-state index contributed by atoms with van der Waals surface area (Å²) in [5, 5.41) is 5.98. The molecule has 0 aromatic heterocycles. The minimum absolute atomic E-state index is 0.0205. The van der Waals surface area contributed by atoms with Crippen LogP contribution in [0, 0.1) is 5.92 Å². The maximum atomic E-state index is 12.0. The SMILES string of the molecule is O=C(CN1CCC(C(=O)NC2CC2)C1)NCc1ccccc1. The molecule has 2 amide bonds.